The summed E-state index contributed by atoms with van der Waals surface area (Å²) in [7, 11) is 0. The summed E-state index contributed by atoms with van der Waals surface area (Å²) in [6.45, 7) is 4.24. The maximum atomic E-state index is 6.82. The van der Waals surface area contributed by atoms with Crippen molar-refractivity contribution in [3.8, 4) is 56.8 Å². The van der Waals surface area contributed by atoms with Crippen LogP contribution < -0.4 is 10.6 Å². The minimum atomic E-state index is 0.489. The van der Waals surface area contributed by atoms with Gasteiger partial charge < -0.3 is 10.6 Å². The molecule has 2 N–H and O–H groups in total. The number of rotatable bonds is 6. The molecule has 1 aliphatic rings. The molecule has 48 heavy (non-hydrogen) atoms. The zero-order valence-corrected chi connectivity index (χ0v) is 25.8. The van der Waals surface area contributed by atoms with Crippen molar-refractivity contribution >= 4 is 22.3 Å². The molecule has 0 saturated heterocycles. The van der Waals surface area contributed by atoms with Crippen LogP contribution in [0.15, 0.2) is 158 Å². The lowest BCUT2D eigenvalue weighted by Gasteiger charge is -2.27. The third kappa shape index (κ3) is 5.37. The average Bonchev–Trinajstić information content (AvgIpc) is 3.16. The number of allylic oxidation sites excluding steroid dienone is 3. The van der Waals surface area contributed by atoms with Gasteiger partial charge in [0.15, 0.2) is 17.5 Å². The highest BCUT2D eigenvalue weighted by Gasteiger charge is 2.21. The van der Waals surface area contributed by atoms with E-state index in [1.54, 1.807) is 12.4 Å². The summed E-state index contributed by atoms with van der Waals surface area (Å²) in [5, 5.41) is 0.904. The summed E-state index contributed by atoms with van der Waals surface area (Å²) in [4.78, 5) is 30.2. The predicted molar refractivity (Wildman–Crippen MR) is 192 cm³/mol. The molecule has 8 rings (SSSR count). The monoisotopic (exact) mass is 620 g/mol. The van der Waals surface area contributed by atoms with Gasteiger partial charge in [-0.1, -0.05) is 91.5 Å². The Kier molecular flexibility index (Phi) is 7.28. The minimum absolute atomic E-state index is 0.489. The fourth-order valence-electron chi connectivity index (χ4n) is 5.73. The van der Waals surface area contributed by atoms with Gasteiger partial charge in [0.25, 0.3) is 0 Å². The van der Waals surface area contributed by atoms with E-state index in [1.807, 2.05) is 102 Å². The molecule has 0 unspecified atom stereocenters. The lowest BCUT2D eigenvalue weighted by atomic mass is 9.99. The third-order valence-corrected chi connectivity index (χ3v) is 8.15. The number of hydrogen-bond acceptors (Lipinski definition) is 8. The Hall–Kier alpha value is -6.80. The van der Waals surface area contributed by atoms with Crippen LogP contribution in [-0.2, 0) is 0 Å². The van der Waals surface area contributed by atoms with E-state index < -0.39 is 0 Å². The van der Waals surface area contributed by atoms with E-state index >= 15 is 0 Å². The standard InChI is InChI=1S/C40H28N8/c1-26-10-6-9-25-48(26)37-35(41)31-11-2-3-12-32(31)44-36(37)29-19-15-27(16-20-29)28-17-21-30(22-18-28)38-45-39(33-13-4-7-23-42-33)47-40(46-38)34-14-5-8-24-43-34/h2-25H,1H2,(H2,41,44). The summed E-state index contributed by atoms with van der Waals surface area (Å²) in [6, 6.07) is 35.8. The molecule has 8 nitrogen and oxygen atoms in total. The van der Waals surface area contributed by atoms with Gasteiger partial charge in [-0.3, -0.25) is 9.97 Å². The Balaban J connectivity index is 1.14. The van der Waals surface area contributed by atoms with Crippen LogP contribution in [0.4, 0.5) is 11.4 Å². The number of para-hydroxylation sites is 1. The first-order valence-corrected chi connectivity index (χ1v) is 15.4. The number of hydrogen-bond donors (Lipinski definition) is 1. The SMILES string of the molecule is C=C1C=CC=CN1c1c(-c2ccc(-c3ccc(-c4nc(-c5ccccn5)nc(-c5ccccn5)n4)cc3)cc2)nc2ccccc2c1N. The Morgan fingerprint density at radius 3 is 1.71 bits per heavy atom. The Labute approximate surface area is 277 Å². The van der Waals surface area contributed by atoms with Crippen molar-refractivity contribution < 1.29 is 0 Å². The van der Waals surface area contributed by atoms with E-state index in [2.05, 4.69) is 57.9 Å². The van der Waals surface area contributed by atoms with E-state index in [0.29, 0.717) is 34.5 Å². The molecule has 5 heterocycles. The van der Waals surface area contributed by atoms with E-state index in [4.69, 9.17) is 20.7 Å². The number of aromatic nitrogens is 6. The van der Waals surface area contributed by atoms with Crippen molar-refractivity contribution in [1.82, 2.24) is 29.9 Å². The molecule has 8 heteroatoms. The first kappa shape index (κ1) is 28.7. The molecule has 0 fully saturated rings. The fourth-order valence-corrected chi connectivity index (χ4v) is 5.73. The van der Waals surface area contributed by atoms with Crippen molar-refractivity contribution in [3.05, 3.63) is 158 Å². The normalized spacial score (nSPS) is 12.5. The van der Waals surface area contributed by atoms with E-state index in [0.717, 1.165) is 50.2 Å². The van der Waals surface area contributed by atoms with Crippen LogP contribution in [0.2, 0.25) is 0 Å². The summed E-state index contributed by atoms with van der Waals surface area (Å²) in [6.07, 6.45) is 11.3. The number of benzene rings is 3. The summed E-state index contributed by atoms with van der Waals surface area (Å²) in [5.41, 5.74) is 16.0. The largest absolute Gasteiger partial charge is 0.396 e. The molecule has 4 aromatic heterocycles. The van der Waals surface area contributed by atoms with Gasteiger partial charge >= 0.3 is 0 Å². The second-order valence-corrected chi connectivity index (χ2v) is 11.2. The first-order valence-electron chi connectivity index (χ1n) is 15.4. The van der Waals surface area contributed by atoms with Crippen LogP contribution in [0.1, 0.15) is 0 Å². The van der Waals surface area contributed by atoms with Crippen molar-refractivity contribution in [3.63, 3.8) is 0 Å². The predicted octanol–water partition coefficient (Wildman–Crippen LogP) is 8.53. The second kappa shape index (κ2) is 12.2. The topological polar surface area (TPSA) is 107 Å². The molecular formula is C40H28N8. The molecule has 0 bridgehead atoms. The second-order valence-electron chi connectivity index (χ2n) is 11.2. The van der Waals surface area contributed by atoms with Crippen molar-refractivity contribution in [2.75, 3.05) is 10.6 Å². The van der Waals surface area contributed by atoms with Crippen LogP contribution in [0.25, 0.3) is 67.7 Å². The Bertz CT molecular complexity index is 2290. The molecule has 0 radical (unpaired) electrons. The number of pyridine rings is 3. The van der Waals surface area contributed by atoms with Gasteiger partial charge in [-0.05, 0) is 53.6 Å². The number of fused-ring (bicyclic) bond motifs is 1. The highest BCUT2D eigenvalue weighted by Crippen LogP contribution is 2.41. The molecule has 7 aromatic rings. The number of anilines is 2. The smallest absolute Gasteiger partial charge is 0.182 e. The lowest BCUT2D eigenvalue weighted by Crippen LogP contribution is -2.18. The lowest BCUT2D eigenvalue weighted by molar-refractivity contribution is 1.05. The summed E-state index contributed by atoms with van der Waals surface area (Å²) in [5.74, 6) is 1.52. The fraction of sp³-hybridized carbons (Fsp3) is 0. The van der Waals surface area contributed by atoms with E-state index in [1.165, 1.54) is 0 Å². The maximum Gasteiger partial charge on any atom is 0.182 e. The van der Waals surface area contributed by atoms with Crippen LogP contribution >= 0.6 is 0 Å². The van der Waals surface area contributed by atoms with Gasteiger partial charge in [0, 0.05) is 40.8 Å². The van der Waals surface area contributed by atoms with Crippen molar-refractivity contribution in [1.29, 1.82) is 0 Å². The third-order valence-electron chi connectivity index (χ3n) is 8.15. The zero-order valence-electron chi connectivity index (χ0n) is 25.8. The van der Waals surface area contributed by atoms with Gasteiger partial charge in [-0.15, -0.1) is 0 Å². The number of nitrogens with zero attached hydrogens (tertiary/aromatic N) is 7. The molecule has 1 aliphatic heterocycles. The van der Waals surface area contributed by atoms with Crippen LogP contribution in [0.3, 0.4) is 0 Å². The Morgan fingerprint density at radius 1 is 0.542 bits per heavy atom. The maximum absolute atomic E-state index is 6.82. The van der Waals surface area contributed by atoms with Crippen LogP contribution in [0, 0.1) is 0 Å². The molecule has 3 aromatic carbocycles. The summed E-state index contributed by atoms with van der Waals surface area (Å²) >= 11 is 0. The van der Waals surface area contributed by atoms with Gasteiger partial charge in [0.2, 0.25) is 0 Å². The van der Waals surface area contributed by atoms with Gasteiger partial charge in [0.1, 0.15) is 11.4 Å². The van der Waals surface area contributed by atoms with E-state index in [-0.39, 0.29) is 0 Å². The van der Waals surface area contributed by atoms with Gasteiger partial charge in [-0.25, -0.2) is 19.9 Å². The number of nitrogen functional groups attached to an aromatic ring is 1. The Morgan fingerprint density at radius 2 is 1.10 bits per heavy atom. The molecule has 228 valence electrons. The highest BCUT2D eigenvalue weighted by molar-refractivity contribution is 6.03. The molecule has 0 spiro atoms. The summed E-state index contributed by atoms with van der Waals surface area (Å²) < 4.78 is 0. The number of nitrogens with two attached hydrogens (primary N) is 1. The minimum Gasteiger partial charge on any atom is -0.396 e. The highest BCUT2D eigenvalue weighted by atomic mass is 15.1. The molecule has 0 saturated carbocycles. The molecule has 0 amide bonds. The zero-order chi connectivity index (χ0) is 32.5. The average molecular weight is 621 g/mol. The van der Waals surface area contributed by atoms with Gasteiger partial charge in [0.05, 0.1) is 22.6 Å². The van der Waals surface area contributed by atoms with Crippen LogP contribution in [-0.4, -0.2) is 29.9 Å². The van der Waals surface area contributed by atoms with Crippen molar-refractivity contribution in [2.45, 2.75) is 0 Å². The quantitative estimate of drug-likeness (QED) is 0.197. The van der Waals surface area contributed by atoms with Crippen molar-refractivity contribution in [2.24, 2.45) is 0 Å². The molecule has 0 atom stereocenters. The van der Waals surface area contributed by atoms with E-state index in [9.17, 15) is 0 Å². The van der Waals surface area contributed by atoms with Crippen LogP contribution in [0.5, 0.6) is 0 Å². The first-order chi connectivity index (χ1) is 23.6. The molecular weight excluding hydrogens is 592 g/mol. The van der Waals surface area contributed by atoms with Gasteiger partial charge in [-0.2, -0.15) is 0 Å². The molecule has 0 aliphatic carbocycles.